The lowest BCUT2D eigenvalue weighted by Crippen LogP contribution is -2.16. The fraction of sp³-hybridized carbons (Fsp3) is 0.250. The summed E-state index contributed by atoms with van der Waals surface area (Å²) in [5.74, 6) is 1.54. The van der Waals surface area contributed by atoms with Gasteiger partial charge in [0.15, 0.2) is 11.5 Å². The van der Waals surface area contributed by atoms with Crippen molar-refractivity contribution in [3.63, 3.8) is 0 Å². The lowest BCUT2D eigenvalue weighted by Gasteiger charge is -2.13. The van der Waals surface area contributed by atoms with Crippen LogP contribution in [0, 0.1) is 6.92 Å². The first-order chi connectivity index (χ1) is 13.3. The second-order valence-corrected chi connectivity index (χ2v) is 6.61. The predicted octanol–water partition coefficient (Wildman–Crippen LogP) is 4.91. The second-order valence-electron chi connectivity index (χ2n) is 6.61. The minimum absolute atomic E-state index is 0.539. The average Bonchev–Trinajstić information content (AvgIpc) is 2.72. The minimum atomic E-state index is 0.539. The zero-order chi connectivity index (χ0) is 18.9. The maximum absolute atomic E-state index is 5.99. The Kier molecular flexibility index (Phi) is 6.89. The molecule has 0 radical (unpaired) electrons. The molecule has 140 valence electrons. The van der Waals surface area contributed by atoms with Gasteiger partial charge in [0.25, 0.3) is 0 Å². The molecule has 0 aliphatic carbocycles. The Bertz CT molecular complexity index is 846. The standard InChI is InChI=1S/C24H27NO2/c1-19-8-6-7-11-22(19)18-27-23-13-12-21(16-24(23)26-2)17-25-15-14-20-9-4-3-5-10-20/h3-13,16,25H,14-15,17-18H2,1-2H3. The summed E-state index contributed by atoms with van der Waals surface area (Å²) in [6.45, 7) is 4.39. The van der Waals surface area contributed by atoms with Gasteiger partial charge in [0, 0.05) is 6.54 Å². The Morgan fingerprint density at radius 1 is 0.815 bits per heavy atom. The van der Waals surface area contributed by atoms with Crippen LogP contribution in [0.1, 0.15) is 22.3 Å². The van der Waals surface area contributed by atoms with Crippen LogP contribution in [0.25, 0.3) is 0 Å². The quantitative estimate of drug-likeness (QED) is 0.549. The van der Waals surface area contributed by atoms with E-state index in [-0.39, 0.29) is 0 Å². The van der Waals surface area contributed by atoms with E-state index < -0.39 is 0 Å². The zero-order valence-corrected chi connectivity index (χ0v) is 16.1. The monoisotopic (exact) mass is 361 g/mol. The van der Waals surface area contributed by atoms with E-state index in [1.54, 1.807) is 7.11 Å². The first-order valence-corrected chi connectivity index (χ1v) is 9.35. The number of benzene rings is 3. The van der Waals surface area contributed by atoms with Crippen LogP contribution >= 0.6 is 0 Å². The Morgan fingerprint density at radius 2 is 1.59 bits per heavy atom. The van der Waals surface area contributed by atoms with E-state index in [2.05, 4.69) is 54.7 Å². The molecule has 27 heavy (non-hydrogen) atoms. The van der Waals surface area contributed by atoms with Crippen LogP contribution in [-0.4, -0.2) is 13.7 Å². The molecule has 3 rings (SSSR count). The molecular formula is C24H27NO2. The molecule has 3 aromatic rings. The van der Waals surface area contributed by atoms with E-state index in [4.69, 9.17) is 9.47 Å². The Labute approximate surface area is 162 Å². The van der Waals surface area contributed by atoms with Gasteiger partial charge < -0.3 is 14.8 Å². The first kappa shape index (κ1) is 19.0. The predicted molar refractivity (Wildman–Crippen MR) is 110 cm³/mol. The summed E-state index contributed by atoms with van der Waals surface area (Å²) >= 11 is 0. The van der Waals surface area contributed by atoms with Gasteiger partial charge in [0.2, 0.25) is 0 Å². The molecule has 0 unspecified atom stereocenters. The molecule has 3 aromatic carbocycles. The van der Waals surface area contributed by atoms with Gasteiger partial charge in [-0.3, -0.25) is 0 Å². The summed E-state index contributed by atoms with van der Waals surface area (Å²) in [5.41, 5.74) is 4.95. The summed E-state index contributed by atoms with van der Waals surface area (Å²) in [6.07, 6.45) is 1.02. The summed E-state index contributed by atoms with van der Waals surface area (Å²) in [7, 11) is 1.68. The molecule has 0 bridgehead atoms. The summed E-state index contributed by atoms with van der Waals surface area (Å²) < 4.78 is 11.5. The molecule has 0 atom stereocenters. The van der Waals surface area contributed by atoms with Gasteiger partial charge in [0.1, 0.15) is 6.61 Å². The maximum Gasteiger partial charge on any atom is 0.161 e. The summed E-state index contributed by atoms with van der Waals surface area (Å²) in [5, 5.41) is 3.49. The molecule has 3 heteroatoms. The molecule has 0 aromatic heterocycles. The molecule has 0 amide bonds. The highest BCUT2D eigenvalue weighted by Crippen LogP contribution is 2.29. The third-order valence-electron chi connectivity index (χ3n) is 4.63. The van der Waals surface area contributed by atoms with Crippen LogP contribution in [-0.2, 0) is 19.6 Å². The van der Waals surface area contributed by atoms with Crippen LogP contribution in [0.2, 0.25) is 0 Å². The van der Waals surface area contributed by atoms with Crippen molar-refractivity contribution >= 4 is 0 Å². The van der Waals surface area contributed by atoms with Crippen molar-refractivity contribution in [3.8, 4) is 11.5 Å². The normalized spacial score (nSPS) is 10.6. The van der Waals surface area contributed by atoms with Crippen LogP contribution < -0.4 is 14.8 Å². The molecule has 0 saturated heterocycles. The number of hydrogen-bond donors (Lipinski definition) is 1. The molecule has 1 N–H and O–H groups in total. The van der Waals surface area contributed by atoms with Gasteiger partial charge in [-0.15, -0.1) is 0 Å². The second kappa shape index (κ2) is 9.79. The third kappa shape index (κ3) is 5.60. The highest BCUT2D eigenvalue weighted by molar-refractivity contribution is 5.43. The first-order valence-electron chi connectivity index (χ1n) is 9.35. The van der Waals surface area contributed by atoms with E-state index in [9.17, 15) is 0 Å². The highest BCUT2D eigenvalue weighted by Gasteiger charge is 2.07. The van der Waals surface area contributed by atoms with Gasteiger partial charge in [-0.05, 0) is 54.3 Å². The van der Waals surface area contributed by atoms with Crippen LogP contribution in [0.3, 0.4) is 0 Å². The number of nitrogens with one attached hydrogen (secondary N) is 1. The van der Waals surface area contributed by atoms with Crippen molar-refractivity contribution in [2.75, 3.05) is 13.7 Å². The third-order valence-corrected chi connectivity index (χ3v) is 4.63. The minimum Gasteiger partial charge on any atom is -0.493 e. The molecule has 0 saturated carbocycles. The number of hydrogen-bond acceptors (Lipinski definition) is 3. The van der Waals surface area contributed by atoms with Crippen LogP contribution in [0.5, 0.6) is 11.5 Å². The SMILES string of the molecule is COc1cc(CNCCc2ccccc2)ccc1OCc1ccccc1C. The summed E-state index contributed by atoms with van der Waals surface area (Å²) in [4.78, 5) is 0. The van der Waals surface area contributed by atoms with E-state index in [1.165, 1.54) is 22.3 Å². The average molecular weight is 361 g/mol. The van der Waals surface area contributed by atoms with Gasteiger partial charge in [0.05, 0.1) is 7.11 Å². The Balaban J connectivity index is 1.53. The zero-order valence-electron chi connectivity index (χ0n) is 16.1. The topological polar surface area (TPSA) is 30.5 Å². The van der Waals surface area contributed by atoms with Crippen LogP contribution in [0.4, 0.5) is 0 Å². The maximum atomic E-state index is 5.99. The molecule has 0 heterocycles. The Morgan fingerprint density at radius 3 is 2.37 bits per heavy atom. The number of aryl methyl sites for hydroxylation is 1. The van der Waals surface area contributed by atoms with E-state index in [0.717, 1.165) is 31.0 Å². The molecule has 0 fully saturated rings. The highest BCUT2D eigenvalue weighted by atomic mass is 16.5. The van der Waals surface area contributed by atoms with Crippen LogP contribution in [0.15, 0.2) is 72.8 Å². The molecular weight excluding hydrogens is 334 g/mol. The van der Waals surface area contributed by atoms with Gasteiger partial charge >= 0.3 is 0 Å². The fourth-order valence-electron chi connectivity index (χ4n) is 2.98. The molecule has 0 aliphatic rings. The molecule has 0 spiro atoms. The van der Waals surface area contributed by atoms with E-state index in [1.807, 2.05) is 30.3 Å². The van der Waals surface area contributed by atoms with Crippen molar-refractivity contribution in [1.82, 2.24) is 5.32 Å². The summed E-state index contributed by atoms with van der Waals surface area (Å²) in [6, 6.07) is 24.9. The van der Waals surface area contributed by atoms with Crippen molar-refractivity contribution in [2.45, 2.75) is 26.5 Å². The number of ether oxygens (including phenoxy) is 2. The van der Waals surface area contributed by atoms with Crippen molar-refractivity contribution in [1.29, 1.82) is 0 Å². The lowest BCUT2D eigenvalue weighted by atomic mass is 10.1. The number of rotatable bonds is 9. The largest absolute Gasteiger partial charge is 0.493 e. The number of methoxy groups -OCH3 is 1. The van der Waals surface area contributed by atoms with Crippen molar-refractivity contribution in [2.24, 2.45) is 0 Å². The molecule has 3 nitrogen and oxygen atoms in total. The fourth-order valence-corrected chi connectivity index (χ4v) is 2.98. The smallest absolute Gasteiger partial charge is 0.161 e. The lowest BCUT2D eigenvalue weighted by molar-refractivity contribution is 0.283. The molecule has 0 aliphatic heterocycles. The van der Waals surface area contributed by atoms with Gasteiger partial charge in [-0.25, -0.2) is 0 Å². The van der Waals surface area contributed by atoms with Gasteiger partial charge in [-0.2, -0.15) is 0 Å². The van der Waals surface area contributed by atoms with E-state index >= 15 is 0 Å². The Hall–Kier alpha value is -2.78. The van der Waals surface area contributed by atoms with E-state index in [0.29, 0.717) is 6.61 Å². The van der Waals surface area contributed by atoms with Crippen molar-refractivity contribution < 1.29 is 9.47 Å². The van der Waals surface area contributed by atoms with Gasteiger partial charge in [-0.1, -0.05) is 60.7 Å². The van der Waals surface area contributed by atoms with Crippen molar-refractivity contribution in [3.05, 3.63) is 95.1 Å².